The smallest absolute Gasteiger partial charge is 0.422 e. The first-order valence-corrected chi connectivity index (χ1v) is 6.32. The minimum atomic E-state index is -4.55. The molecular weight excluding hydrogens is 289 g/mol. The number of alkyl halides is 3. The summed E-state index contributed by atoms with van der Waals surface area (Å²) in [6.07, 6.45) is -3.63. The third-order valence-corrected chi connectivity index (χ3v) is 2.94. The second-order valence-corrected chi connectivity index (χ2v) is 4.83. The van der Waals surface area contributed by atoms with Gasteiger partial charge in [-0.05, 0) is 31.0 Å². The number of ether oxygens (including phenoxy) is 1. The molecular formula is C13H11F3N2O3. The van der Waals surface area contributed by atoms with E-state index in [9.17, 15) is 18.0 Å². The summed E-state index contributed by atoms with van der Waals surface area (Å²) in [5.41, 5.74) is 1.42. The number of rotatable bonds is 3. The maximum atomic E-state index is 11.9. The van der Waals surface area contributed by atoms with Crippen LogP contribution in [0.1, 0.15) is 24.7 Å². The van der Waals surface area contributed by atoms with E-state index in [-0.39, 0.29) is 0 Å². The lowest BCUT2D eigenvalue weighted by Gasteiger charge is -2.08. The second-order valence-electron chi connectivity index (χ2n) is 4.83. The summed E-state index contributed by atoms with van der Waals surface area (Å²) in [6.45, 7) is -1.63. The van der Waals surface area contributed by atoms with Gasteiger partial charge in [-0.15, -0.1) is 0 Å². The van der Waals surface area contributed by atoms with Gasteiger partial charge >= 0.3 is 12.3 Å². The van der Waals surface area contributed by atoms with Crippen molar-refractivity contribution >= 4 is 22.9 Å². The van der Waals surface area contributed by atoms with E-state index in [0.717, 1.165) is 12.8 Å². The van der Waals surface area contributed by atoms with Gasteiger partial charge in [-0.2, -0.15) is 13.2 Å². The lowest BCUT2D eigenvalue weighted by Crippen LogP contribution is -2.23. The summed E-state index contributed by atoms with van der Waals surface area (Å²) < 4.78 is 45.4. The fraction of sp³-hybridized carbons (Fsp3) is 0.385. The fourth-order valence-corrected chi connectivity index (χ4v) is 1.83. The number of halogens is 3. The van der Waals surface area contributed by atoms with Crippen LogP contribution in [0.3, 0.4) is 0 Å². The Balaban J connectivity index is 1.67. The van der Waals surface area contributed by atoms with Crippen molar-refractivity contribution in [2.45, 2.75) is 24.9 Å². The molecule has 1 fully saturated rings. The predicted octanol–water partition coefficient (Wildman–Crippen LogP) is 3.82. The number of carbonyl (C=O) groups is 1. The van der Waals surface area contributed by atoms with Gasteiger partial charge in [0.25, 0.3) is 0 Å². The number of nitrogens with one attached hydrogen (secondary N) is 1. The van der Waals surface area contributed by atoms with Crippen molar-refractivity contribution in [1.82, 2.24) is 4.98 Å². The van der Waals surface area contributed by atoms with Crippen molar-refractivity contribution in [1.29, 1.82) is 0 Å². The highest BCUT2D eigenvalue weighted by Crippen LogP contribution is 2.40. The predicted molar refractivity (Wildman–Crippen MR) is 67.0 cm³/mol. The Labute approximate surface area is 117 Å². The molecule has 0 spiro atoms. The number of amides is 1. The fourth-order valence-electron chi connectivity index (χ4n) is 1.83. The zero-order valence-electron chi connectivity index (χ0n) is 10.7. The standard InChI is InChI=1S/C13H11F3N2O3/c14-13(15,16)6-20-12(19)17-8-3-4-10-9(5-8)18-11(21-10)7-1-2-7/h3-5,7H,1-2,6H2,(H,17,19). The molecule has 1 aliphatic rings. The number of oxazole rings is 1. The minimum absolute atomic E-state index is 0.297. The molecule has 8 heteroatoms. The van der Waals surface area contributed by atoms with Crippen molar-refractivity contribution in [2.24, 2.45) is 0 Å². The average Bonchev–Trinajstić information content (AvgIpc) is 3.16. The summed E-state index contributed by atoms with van der Waals surface area (Å²) in [5, 5.41) is 2.22. The van der Waals surface area contributed by atoms with Crippen molar-refractivity contribution in [3.63, 3.8) is 0 Å². The minimum Gasteiger partial charge on any atom is -0.440 e. The number of anilines is 1. The first-order valence-electron chi connectivity index (χ1n) is 6.32. The molecule has 0 atom stereocenters. The molecule has 1 heterocycles. The Bertz CT molecular complexity index is 677. The molecule has 0 radical (unpaired) electrons. The monoisotopic (exact) mass is 300 g/mol. The maximum absolute atomic E-state index is 11.9. The van der Waals surface area contributed by atoms with Crippen molar-refractivity contribution in [3.05, 3.63) is 24.1 Å². The summed E-state index contributed by atoms with van der Waals surface area (Å²) in [4.78, 5) is 15.5. The normalized spacial score (nSPS) is 15.2. The van der Waals surface area contributed by atoms with E-state index in [0.29, 0.717) is 28.6 Å². The van der Waals surface area contributed by atoms with Gasteiger partial charge in [-0.25, -0.2) is 9.78 Å². The number of fused-ring (bicyclic) bond motifs is 1. The van der Waals surface area contributed by atoms with E-state index in [1.54, 1.807) is 6.07 Å². The van der Waals surface area contributed by atoms with Crippen LogP contribution in [0.5, 0.6) is 0 Å². The van der Waals surface area contributed by atoms with Crippen LogP contribution >= 0.6 is 0 Å². The first-order chi connectivity index (χ1) is 9.90. The van der Waals surface area contributed by atoms with Gasteiger partial charge in [0.15, 0.2) is 18.1 Å². The van der Waals surface area contributed by atoms with Gasteiger partial charge in [0.05, 0.1) is 0 Å². The van der Waals surface area contributed by atoms with Gasteiger partial charge in [-0.3, -0.25) is 5.32 Å². The molecule has 1 aromatic carbocycles. The number of hydrogen-bond donors (Lipinski definition) is 1. The number of nitrogens with zero attached hydrogens (tertiary/aromatic N) is 1. The molecule has 1 aliphatic carbocycles. The lowest BCUT2D eigenvalue weighted by atomic mass is 10.3. The number of benzene rings is 1. The Morgan fingerprint density at radius 3 is 2.86 bits per heavy atom. The Hall–Kier alpha value is -2.25. The molecule has 0 aliphatic heterocycles. The van der Waals surface area contributed by atoms with Crippen LogP contribution in [0.15, 0.2) is 22.6 Å². The molecule has 112 valence electrons. The van der Waals surface area contributed by atoms with Crippen molar-refractivity contribution in [3.8, 4) is 0 Å². The van der Waals surface area contributed by atoms with E-state index in [1.165, 1.54) is 12.1 Å². The molecule has 0 saturated heterocycles. The topological polar surface area (TPSA) is 64.4 Å². The molecule has 1 saturated carbocycles. The van der Waals surface area contributed by atoms with E-state index in [2.05, 4.69) is 15.0 Å². The zero-order valence-corrected chi connectivity index (χ0v) is 10.7. The summed E-state index contributed by atoms with van der Waals surface area (Å²) in [5.74, 6) is 1.01. The highest BCUT2D eigenvalue weighted by Gasteiger charge is 2.30. The van der Waals surface area contributed by atoms with Crippen molar-refractivity contribution in [2.75, 3.05) is 11.9 Å². The van der Waals surface area contributed by atoms with Gasteiger partial charge in [0, 0.05) is 11.6 Å². The Kier molecular flexibility index (Phi) is 3.23. The highest BCUT2D eigenvalue weighted by atomic mass is 19.4. The molecule has 0 bridgehead atoms. The van der Waals surface area contributed by atoms with Crippen LogP contribution in [0.2, 0.25) is 0 Å². The third kappa shape index (κ3) is 3.45. The Morgan fingerprint density at radius 1 is 1.43 bits per heavy atom. The van der Waals surface area contributed by atoms with Crippen LogP contribution in [0.25, 0.3) is 11.1 Å². The molecule has 2 aromatic rings. The molecule has 1 aromatic heterocycles. The third-order valence-electron chi connectivity index (χ3n) is 2.94. The Morgan fingerprint density at radius 2 is 2.19 bits per heavy atom. The van der Waals surface area contributed by atoms with Crippen LogP contribution in [0, 0.1) is 0 Å². The summed E-state index contributed by atoms with van der Waals surface area (Å²) in [7, 11) is 0. The van der Waals surface area contributed by atoms with Gasteiger partial charge < -0.3 is 9.15 Å². The van der Waals surface area contributed by atoms with E-state index in [4.69, 9.17) is 4.42 Å². The van der Waals surface area contributed by atoms with E-state index in [1.807, 2.05) is 0 Å². The molecule has 0 unspecified atom stereocenters. The average molecular weight is 300 g/mol. The van der Waals surface area contributed by atoms with Crippen LogP contribution in [-0.4, -0.2) is 23.9 Å². The SMILES string of the molecule is O=C(Nc1ccc2oc(C3CC3)nc2c1)OCC(F)(F)F. The van der Waals surface area contributed by atoms with Crippen LogP contribution in [0.4, 0.5) is 23.7 Å². The summed E-state index contributed by atoms with van der Waals surface area (Å²) in [6, 6.07) is 4.65. The summed E-state index contributed by atoms with van der Waals surface area (Å²) >= 11 is 0. The van der Waals surface area contributed by atoms with Gasteiger partial charge in [-0.1, -0.05) is 0 Å². The molecule has 1 N–H and O–H groups in total. The molecule has 3 rings (SSSR count). The molecule has 1 amide bonds. The van der Waals surface area contributed by atoms with E-state index < -0.39 is 18.9 Å². The van der Waals surface area contributed by atoms with E-state index >= 15 is 0 Å². The molecule has 21 heavy (non-hydrogen) atoms. The number of carbonyl (C=O) groups excluding carboxylic acids is 1. The van der Waals surface area contributed by atoms with Crippen LogP contribution < -0.4 is 5.32 Å². The lowest BCUT2D eigenvalue weighted by molar-refractivity contribution is -0.159. The quantitative estimate of drug-likeness (QED) is 0.936. The zero-order chi connectivity index (χ0) is 15.0. The van der Waals surface area contributed by atoms with Crippen molar-refractivity contribution < 1.29 is 27.1 Å². The first kappa shape index (κ1) is 13.7. The molecule has 5 nitrogen and oxygen atoms in total. The van der Waals surface area contributed by atoms with Crippen LogP contribution in [-0.2, 0) is 4.74 Å². The highest BCUT2D eigenvalue weighted by molar-refractivity contribution is 5.88. The second kappa shape index (κ2) is 4.94. The largest absolute Gasteiger partial charge is 0.440 e. The maximum Gasteiger partial charge on any atom is 0.422 e. The van der Waals surface area contributed by atoms with Gasteiger partial charge in [0.1, 0.15) is 5.52 Å². The number of aromatic nitrogens is 1. The van der Waals surface area contributed by atoms with Gasteiger partial charge in [0.2, 0.25) is 0 Å². The number of hydrogen-bond acceptors (Lipinski definition) is 4.